The summed E-state index contributed by atoms with van der Waals surface area (Å²) in [5, 5.41) is 0.503. The summed E-state index contributed by atoms with van der Waals surface area (Å²) in [6.07, 6.45) is 6.88. The van der Waals surface area contributed by atoms with Crippen LogP contribution in [0.2, 0.25) is 0 Å². The number of fused-ring (bicyclic) bond motifs is 1. The van der Waals surface area contributed by atoms with E-state index in [4.69, 9.17) is 15.2 Å². The number of hydrogen-bond donors (Lipinski definition) is 1. The number of benzene rings is 1. The lowest BCUT2D eigenvalue weighted by molar-refractivity contribution is -0.157. The van der Waals surface area contributed by atoms with E-state index in [9.17, 15) is 14.4 Å². The highest BCUT2D eigenvalue weighted by Gasteiger charge is 2.26. The summed E-state index contributed by atoms with van der Waals surface area (Å²) >= 11 is 0. The van der Waals surface area contributed by atoms with Gasteiger partial charge >= 0.3 is 5.97 Å². The summed E-state index contributed by atoms with van der Waals surface area (Å²) < 4.78 is 13.1. The SMILES string of the molecule is CCCCCCCCn1c(C)c(C(=O)C(N)=O)c2c(OCC(=O)OC(C)(C)C)cccc21. The number of amides is 1. The molecule has 0 fully saturated rings. The van der Waals surface area contributed by atoms with Gasteiger partial charge in [-0.1, -0.05) is 45.1 Å². The van der Waals surface area contributed by atoms with Gasteiger partial charge in [-0.2, -0.15) is 0 Å². The van der Waals surface area contributed by atoms with Gasteiger partial charge in [0.1, 0.15) is 11.4 Å². The number of aromatic nitrogens is 1. The first-order valence-electron chi connectivity index (χ1n) is 11.4. The monoisotopic (exact) mass is 444 g/mol. The predicted octanol–water partition coefficient (Wildman–Crippen LogP) is 4.70. The summed E-state index contributed by atoms with van der Waals surface area (Å²) in [5.74, 6) is -1.94. The van der Waals surface area contributed by atoms with E-state index in [1.165, 1.54) is 25.7 Å². The van der Waals surface area contributed by atoms with Crippen LogP contribution < -0.4 is 10.5 Å². The minimum atomic E-state index is -1.02. The normalized spacial score (nSPS) is 11.5. The highest BCUT2D eigenvalue weighted by atomic mass is 16.6. The van der Waals surface area contributed by atoms with Crippen LogP contribution in [0.4, 0.5) is 0 Å². The third-order valence-electron chi connectivity index (χ3n) is 5.26. The van der Waals surface area contributed by atoms with E-state index < -0.39 is 23.3 Å². The van der Waals surface area contributed by atoms with Gasteiger partial charge < -0.3 is 19.8 Å². The Bertz CT molecular complexity index is 969. The molecule has 7 heteroatoms. The van der Waals surface area contributed by atoms with E-state index in [-0.39, 0.29) is 12.2 Å². The quantitative estimate of drug-likeness (QED) is 0.221. The number of primary amides is 1. The summed E-state index contributed by atoms with van der Waals surface area (Å²) in [6, 6.07) is 5.37. The number of carbonyl (C=O) groups is 3. The molecule has 0 saturated carbocycles. The van der Waals surface area contributed by atoms with Crippen molar-refractivity contribution in [1.82, 2.24) is 4.57 Å². The van der Waals surface area contributed by atoms with Crippen molar-refractivity contribution >= 4 is 28.6 Å². The average molecular weight is 445 g/mol. The van der Waals surface area contributed by atoms with E-state index in [0.717, 1.165) is 24.9 Å². The van der Waals surface area contributed by atoms with Crippen LogP contribution in [-0.2, 0) is 20.9 Å². The van der Waals surface area contributed by atoms with E-state index in [0.29, 0.717) is 16.8 Å². The molecule has 0 unspecified atom stereocenters. The lowest BCUT2D eigenvalue weighted by Gasteiger charge is -2.19. The lowest BCUT2D eigenvalue weighted by Crippen LogP contribution is -2.27. The molecule has 0 spiro atoms. The van der Waals surface area contributed by atoms with Crippen molar-refractivity contribution in [3.05, 3.63) is 29.5 Å². The Morgan fingerprint density at radius 1 is 1.03 bits per heavy atom. The van der Waals surface area contributed by atoms with Crippen LogP contribution in [0.5, 0.6) is 5.75 Å². The predicted molar refractivity (Wildman–Crippen MR) is 125 cm³/mol. The van der Waals surface area contributed by atoms with Crippen LogP contribution in [0.25, 0.3) is 10.9 Å². The van der Waals surface area contributed by atoms with Crippen LogP contribution in [-0.4, -0.2) is 34.4 Å². The number of ketones is 1. The van der Waals surface area contributed by atoms with Crippen molar-refractivity contribution < 1.29 is 23.9 Å². The second-order valence-corrected chi connectivity index (χ2v) is 9.10. The maximum absolute atomic E-state index is 12.7. The Morgan fingerprint density at radius 2 is 1.69 bits per heavy atom. The first-order chi connectivity index (χ1) is 15.1. The Balaban J connectivity index is 2.35. The number of hydrogen-bond acceptors (Lipinski definition) is 5. The molecule has 2 N–H and O–H groups in total. The van der Waals surface area contributed by atoms with Crippen molar-refractivity contribution in [3.8, 4) is 5.75 Å². The standard InChI is InChI=1S/C25H36N2O5/c1-6-7-8-9-10-11-15-27-17(2)21(23(29)24(26)30)22-18(27)13-12-14-19(22)31-16-20(28)32-25(3,4)5/h12-14H,6-11,15-16H2,1-5H3,(H2,26,30). The van der Waals surface area contributed by atoms with Gasteiger partial charge in [-0.05, 0) is 46.2 Å². The molecule has 1 amide bonds. The average Bonchev–Trinajstić information content (AvgIpc) is 2.99. The summed E-state index contributed by atoms with van der Waals surface area (Å²) in [5.41, 5.74) is 6.39. The maximum Gasteiger partial charge on any atom is 0.344 e. The van der Waals surface area contributed by atoms with Crippen molar-refractivity contribution in [2.75, 3.05) is 6.61 Å². The van der Waals surface area contributed by atoms with Crippen LogP contribution >= 0.6 is 0 Å². The highest BCUT2D eigenvalue weighted by molar-refractivity contribution is 6.45. The number of carbonyl (C=O) groups excluding carboxylic acids is 3. The minimum absolute atomic E-state index is 0.235. The second-order valence-electron chi connectivity index (χ2n) is 9.10. The maximum atomic E-state index is 12.7. The van der Waals surface area contributed by atoms with Crippen molar-refractivity contribution in [1.29, 1.82) is 0 Å². The van der Waals surface area contributed by atoms with Gasteiger partial charge in [0.2, 0.25) is 0 Å². The first kappa shape index (κ1) is 25.4. The largest absolute Gasteiger partial charge is 0.481 e. The molecule has 0 bridgehead atoms. The molecule has 0 aliphatic heterocycles. The molecule has 0 atom stereocenters. The van der Waals surface area contributed by atoms with E-state index >= 15 is 0 Å². The molecule has 32 heavy (non-hydrogen) atoms. The molecule has 1 aromatic carbocycles. The van der Waals surface area contributed by atoms with Gasteiger partial charge in [0.15, 0.2) is 6.61 Å². The zero-order valence-corrected chi connectivity index (χ0v) is 20.0. The van der Waals surface area contributed by atoms with Crippen molar-refractivity contribution in [2.45, 2.75) is 85.3 Å². The van der Waals surface area contributed by atoms with Crippen LogP contribution in [0, 0.1) is 6.92 Å². The van der Waals surface area contributed by atoms with Crippen LogP contribution in [0.15, 0.2) is 18.2 Å². The number of esters is 1. The van der Waals surface area contributed by atoms with Gasteiger partial charge in [0.05, 0.1) is 16.5 Å². The summed E-state index contributed by atoms with van der Waals surface area (Å²) in [4.78, 5) is 36.6. The smallest absolute Gasteiger partial charge is 0.344 e. The van der Waals surface area contributed by atoms with Gasteiger partial charge in [-0.25, -0.2) is 4.79 Å². The molecule has 2 aromatic rings. The Morgan fingerprint density at radius 3 is 2.31 bits per heavy atom. The Hall–Kier alpha value is -2.83. The van der Waals surface area contributed by atoms with Crippen molar-refractivity contribution in [3.63, 3.8) is 0 Å². The number of Topliss-reactive ketones (excluding diaryl/α,β-unsaturated/α-hetero) is 1. The molecular formula is C25H36N2O5. The van der Waals surface area contributed by atoms with Gasteiger partial charge in [-0.3, -0.25) is 9.59 Å². The van der Waals surface area contributed by atoms with Gasteiger partial charge in [0.25, 0.3) is 11.7 Å². The van der Waals surface area contributed by atoms with E-state index in [1.54, 1.807) is 26.8 Å². The fourth-order valence-corrected chi connectivity index (χ4v) is 3.86. The molecule has 0 aliphatic rings. The molecule has 1 heterocycles. The van der Waals surface area contributed by atoms with E-state index in [1.807, 2.05) is 23.6 Å². The zero-order valence-electron chi connectivity index (χ0n) is 20.0. The fourth-order valence-electron chi connectivity index (χ4n) is 3.86. The minimum Gasteiger partial charge on any atom is -0.481 e. The van der Waals surface area contributed by atoms with Gasteiger partial charge in [0, 0.05) is 12.2 Å². The molecule has 0 aliphatic carbocycles. The third kappa shape index (κ3) is 6.58. The molecule has 7 nitrogen and oxygen atoms in total. The number of aryl methyl sites for hydroxylation is 1. The highest BCUT2D eigenvalue weighted by Crippen LogP contribution is 2.34. The molecule has 1 aromatic heterocycles. The number of ether oxygens (including phenoxy) is 2. The van der Waals surface area contributed by atoms with Crippen LogP contribution in [0.3, 0.4) is 0 Å². The molecule has 176 valence electrons. The fraction of sp³-hybridized carbons (Fsp3) is 0.560. The summed E-state index contributed by atoms with van der Waals surface area (Å²) in [7, 11) is 0. The van der Waals surface area contributed by atoms with Gasteiger partial charge in [-0.15, -0.1) is 0 Å². The zero-order chi connectivity index (χ0) is 23.9. The second kappa shape index (κ2) is 11.2. The van der Waals surface area contributed by atoms with E-state index in [2.05, 4.69) is 6.92 Å². The molecule has 0 saturated heterocycles. The third-order valence-corrected chi connectivity index (χ3v) is 5.26. The van der Waals surface area contributed by atoms with Crippen molar-refractivity contribution in [2.24, 2.45) is 5.73 Å². The number of rotatable bonds is 12. The number of unbranched alkanes of at least 4 members (excludes halogenated alkanes) is 5. The molecular weight excluding hydrogens is 408 g/mol. The number of nitrogens with two attached hydrogens (primary N) is 1. The summed E-state index contributed by atoms with van der Waals surface area (Å²) in [6.45, 7) is 9.75. The number of nitrogens with zero attached hydrogens (tertiary/aromatic N) is 1. The molecule has 2 rings (SSSR count). The van der Waals surface area contributed by atoms with Crippen LogP contribution in [0.1, 0.15) is 82.3 Å². The topological polar surface area (TPSA) is 101 Å². The Labute approximate surface area is 190 Å². The first-order valence-corrected chi connectivity index (χ1v) is 11.4. The lowest BCUT2D eigenvalue weighted by atomic mass is 10.1. The Kier molecular flexibility index (Phi) is 8.87. The molecule has 0 radical (unpaired) electrons.